The number of halogens is 3. The molecule has 0 aliphatic carbocycles. The molecular formula is C22H24F3N3O5. The third kappa shape index (κ3) is 6.26. The fraction of sp³-hybridized carbons (Fsp3) is 0.455. The summed E-state index contributed by atoms with van der Waals surface area (Å²) in [5.41, 5.74) is 2.22. The minimum absolute atomic E-state index is 0.0220. The highest BCUT2D eigenvalue weighted by molar-refractivity contribution is 5.93. The molecule has 11 heteroatoms. The van der Waals surface area contributed by atoms with Gasteiger partial charge in [-0.25, -0.2) is 9.78 Å². The minimum Gasteiger partial charge on any atom is -0.475 e. The third-order valence-electron chi connectivity index (χ3n) is 5.49. The molecule has 33 heavy (non-hydrogen) atoms. The number of alkyl halides is 3. The number of hydrogen-bond acceptors (Lipinski definition) is 6. The predicted octanol–water partition coefficient (Wildman–Crippen LogP) is 2.87. The van der Waals surface area contributed by atoms with Gasteiger partial charge in [-0.05, 0) is 43.2 Å². The van der Waals surface area contributed by atoms with Gasteiger partial charge in [-0.3, -0.25) is 9.78 Å². The van der Waals surface area contributed by atoms with E-state index in [1.165, 1.54) is 0 Å². The molecule has 2 aliphatic rings. The molecule has 1 spiro atoms. The Labute approximate surface area is 188 Å². The van der Waals surface area contributed by atoms with Crippen molar-refractivity contribution in [1.82, 2.24) is 14.9 Å². The Kier molecular flexibility index (Phi) is 7.65. The Hall–Kier alpha value is -3.05. The average Bonchev–Trinajstić information content (AvgIpc) is 3.17. The Morgan fingerprint density at radius 3 is 2.52 bits per heavy atom. The maximum Gasteiger partial charge on any atom is 0.490 e. The van der Waals surface area contributed by atoms with Gasteiger partial charge in [-0.1, -0.05) is 6.07 Å². The van der Waals surface area contributed by atoms with Crippen molar-refractivity contribution in [3.63, 3.8) is 0 Å². The Bertz CT molecular complexity index is 965. The molecule has 0 saturated carbocycles. The molecule has 4 rings (SSSR count). The first-order chi connectivity index (χ1) is 15.6. The fourth-order valence-electron chi connectivity index (χ4n) is 3.74. The van der Waals surface area contributed by atoms with Gasteiger partial charge in [0.05, 0.1) is 26.3 Å². The molecule has 4 heterocycles. The molecule has 178 valence electrons. The van der Waals surface area contributed by atoms with E-state index in [-0.39, 0.29) is 11.5 Å². The van der Waals surface area contributed by atoms with Crippen molar-refractivity contribution < 1.29 is 37.3 Å². The number of carbonyl (C=O) groups is 2. The van der Waals surface area contributed by atoms with E-state index in [0.29, 0.717) is 37.9 Å². The molecule has 2 aromatic rings. The zero-order valence-corrected chi connectivity index (χ0v) is 17.9. The van der Waals surface area contributed by atoms with Crippen LogP contribution in [0.3, 0.4) is 0 Å². The molecule has 2 fully saturated rings. The lowest BCUT2D eigenvalue weighted by Crippen LogP contribution is -2.66. The van der Waals surface area contributed by atoms with Crippen LogP contribution >= 0.6 is 0 Å². The highest BCUT2D eigenvalue weighted by Crippen LogP contribution is 2.40. The highest BCUT2D eigenvalue weighted by Gasteiger charge is 2.54. The SMILES string of the molecule is Cc1cccc(C(=O)N2CC3(C2)OCCC3COCc2ccncc2)n1.O=C(O)C(F)(F)F. The summed E-state index contributed by atoms with van der Waals surface area (Å²) in [5, 5.41) is 7.12. The quantitative estimate of drug-likeness (QED) is 0.722. The number of carbonyl (C=O) groups excluding carboxylic acids is 1. The average molecular weight is 467 g/mol. The lowest BCUT2D eigenvalue weighted by molar-refractivity contribution is -0.192. The van der Waals surface area contributed by atoms with Crippen LogP contribution in [0.5, 0.6) is 0 Å². The Morgan fingerprint density at radius 1 is 1.24 bits per heavy atom. The van der Waals surface area contributed by atoms with Crippen molar-refractivity contribution >= 4 is 11.9 Å². The van der Waals surface area contributed by atoms with E-state index in [2.05, 4.69) is 9.97 Å². The summed E-state index contributed by atoms with van der Waals surface area (Å²) in [6.45, 7) is 5.08. The van der Waals surface area contributed by atoms with Crippen molar-refractivity contribution in [2.75, 3.05) is 26.3 Å². The Balaban J connectivity index is 0.000000383. The molecule has 2 aromatic heterocycles. The van der Waals surface area contributed by atoms with Crippen LogP contribution in [0.4, 0.5) is 13.2 Å². The number of rotatable bonds is 5. The maximum atomic E-state index is 12.6. The second-order valence-electron chi connectivity index (χ2n) is 7.90. The van der Waals surface area contributed by atoms with E-state index in [9.17, 15) is 18.0 Å². The molecule has 1 N–H and O–H groups in total. The van der Waals surface area contributed by atoms with Gasteiger partial charge < -0.3 is 19.5 Å². The summed E-state index contributed by atoms with van der Waals surface area (Å²) in [7, 11) is 0. The molecule has 0 aromatic carbocycles. The number of aryl methyl sites for hydroxylation is 1. The highest BCUT2D eigenvalue weighted by atomic mass is 19.4. The monoisotopic (exact) mass is 467 g/mol. The number of hydrogen-bond donors (Lipinski definition) is 1. The number of aliphatic carboxylic acids is 1. The zero-order valence-electron chi connectivity index (χ0n) is 17.9. The third-order valence-corrected chi connectivity index (χ3v) is 5.49. The van der Waals surface area contributed by atoms with Crippen molar-refractivity contribution in [3.05, 3.63) is 59.7 Å². The van der Waals surface area contributed by atoms with Crippen LogP contribution in [0.2, 0.25) is 0 Å². The molecule has 2 aliphatic heterocycles. The number of carboxylic acids is 1. The topological polar surface area (TPSA) is 102 Å². The summed E-state index contributed by atoms with van der Waals surface area (Å²) in [6.07, 6.45) is -0.567. The fourth-order valence-corrected chi connectivity index (χ4v) is 3.74. The first-order valence-corrected chi connectivity index (χ1v) is 10.2. The lowest BCUT2D eigenvalue weighted by Gasteiger charge is -2.50. The molecule has 1 atom stereocenters. The smallest absolute Gasteiger partial charge is 0.475 e. The van der Waals surface area contributed by atoms with Gasteiger partial charge in [0, 0.05) is 30.6 Å². The minimum atomic E-state index is -5.08. The first-order valence-electron chi connectivity index (χ1n) is 10.2. The summed E-state index contributed by atoms with van der Waals surface area (Å²) < 4.78 is 43.7. The van der Waals surface area contributed by atoms with Gasteiger partial charge in [0.2, 0.25) is 0 Å². The van der Waals surface area contributed by atoms with Crippen molar-refractivity contribution in [2.24, 2.45) is 5.92 Å². The van der Waals surface area contributed by atoms with Crippen LogP contribution in [-0.2, 0) is 20.9 Å². The van der Waals surface area contributed by atoms with Crippen molar-refractivity contribution in [2.45, 2.75) is 31.7 Å². The van der Waals surface area contributed by atoms with Gasteiger partial charge in [-0.2, -0.15) is 13.2 Å². The Morgan fingerprint density at radius 2 is 1.91 bits per heavy atom. The molecule has 0 bridgehead atoms. The number of amides is 1. The van der Waals surface area contributed by atoms with Crippen LogP contribution in [0, 0.1) is 12.8 Å². The van der Waals surface area contributed by atoms with Gasteiger partial charge in [0.15, 0.2) is 0 Å². The van der Waals surface area contributed by atoms with Crippen LogP contribution in [0.1, 0.15) is 28.2 Å². The number of pyridine rings is 2. The van der Waals surface area contributed by atoms with E-state index < -0.39 is 12.1 Å². The molecular weight excluding hydrogens is 443 g/mol. The first kappa shape index (κ1) is 24.6. The van der Waals surface area contributed by atoms with Crippen LogP contribution in [0.25, 0.3) is 0 Å². The zero-order chi connectivity index (χ0) is 24.1. The van der Waals surface area contributed by atoms with Gasteiger partial charge in [0.25, 0.3) is 5.91 Å². The van der Waals surface area contributed by atoms with Crippen LogP contribution in [-0.4, -0.2) is 69.9 Å². The van der Waals surface area contributed by atoms with E-state index in [0.717, 1.165) is 24.3 Å². The van der Waals surface area contributed by atoms with Crippen molar-refractivity contribution in [1.29, 1.82) is 0 Å². The normalized spacial score (nSPS) is 18.9. The van der Waals surface area contributed by atoms with E-state index in [1.54, 1.807) is 18.5 Å². The molecule has 0 radical (unpaired) electrons. The predicted molar refractivity (Wildman–Crippen MR) is 109 cm³/mol. The number of carboxylic acid groups (broad SMARTS) is 1. The summed E-state index contributed by atoms with van der Waals surface area (Å²) in [6, 6.07) is 9.45. The van der Waals surface area contributed by atoms with Crippen molar-refractivity contribution in [3.8, 4) is 0 Å². The number of aromatic nitrogens is 2. The van der Waals surface area contributed by atoms with Crippen LogP contribution in [0.15, 0.2) is 42.7 Å². The second kappa shape index (κ2) is 10.3. The number of ether oxygens (including phenoxy) is 2. The van der Waals surface area contributed by atoms with Gasteiger partial charge in [0.1, 0.15) is 11.3 Å². The van der Waals surface area contributed by atoms with E-state index in [4.69, 9.17) is 19.4 Å². The number of likely N-dealkylation sites (tertiary alicyclic amines) is 1. The summed E-state index contributed by atoms with van der Waals surface area (Å²) >= 11 is 0. The molecule has 1 unspecified atom stereocenters. The maximum absolute atomic E-state index is 12.6. The molecule has 1 amide bonds. The lowest BCUT2D eigenvalue weighted by atomic mass is 9.81. The largest absolute Gasteiger partial charge is 0.490 e. The second-order valence-corrected chi connectivity index (χ2v) is 7.90. The molecule has 2 saturated heterocycles. The van der Waals surface area contributed by atoms with Crippen LogP contribution < -0.4 is 0 Å². The summed E-state index contributed by atoms with van der Waals surface area (Å²) in [4.78, 5) is 31.7. The summed E-state index contributed by atoms with van der Waals surface area (Å²) in [5.74, 6) is -2.46. The standard InChI is InChI=1S/C20H23N3O3.C2HF3O2/c1-15-3-2-4-18(22-15)19(24)23-13-20(14-23)17(7-10-26-20)12-25-11-16-5-8-21-9-6-16;3-2(4,5)1(6)7/h2-6,8-9,17H,7,10-14H2,1H3;(H,6,7). The van der Waals surface area contributed by atoms with Gasteiger partial charge >= 0.3 is 12.1 Å². The van der Waals surface area contributed by atoms with E-state index >= 15 is 0 Å². The van der Waals surface area contributed by atoms with E-state index in [1.807, 2.05) is 36.1 Å². The number of nitrogens with zero attached hydrogens (tertiary/aromatic N) is 3. The van der Waals surface area contributed by atoms with Gasteiger partial charge in [-0.15, -0.1) is 0 Å². The molecule has 8 nitrogen and oxygen atoms in total.